The zero-order chi connectivity index (χ0) is 32.4. The molecule has 1 heterocycles. The first-order chi connectivity index (χ1) is 21.6. The number of carboxylic acid groups (broad SMARTS) is 1. The SMILES string of the molecule is COc1cc(-c2[nH]c(C(S)c3c(F)cc(-c4ccc(C(=O)O)cc4)cc3F)nc2N(C)c2ccc(OC)c(OC)c2)ccc1F. The summed E-state index contributed by atoms with van der Waals surface area (Å²) in [6.45, 7) is 0. The van der Waals surface area contributed by atoms with Gasteiger partial charge in [-0.1, -0.05) is 12.1 Å². The van der Waals surface area contributed by atoms with Gasteiger partial charge >= 0.3 is 5.97 Å². The summed E-state index contributed by atoms with van der Waals surface area (Å²) in [6, 6.07) is 17.5. The number of carbonyl (C=O) groups is 1. The number of benzene rings is 4. The van der Waals surface area contributed by atoms with Crippen molar-refractivity contribution in [3.63, 3.8) is 0 Å². The number of imidazole rings is 1. The lowest BCUT2D eigenvalue weighted by Crippen LogP contribution is -2.11. The molecule has 45 heavy (non-hydrogen) atoms. The lowest BCUT2D eigenvalue weighted by molar-refractivity contribution is 0.0697. The number of H-pyrrole nitrogens is 1. The molecule has 2 N–H and O–H groups in total. The second kappa shape index (κ2) is 12.9. The molecule has 1 atom stereocenters. The van der Waals surface area contributed by atoms with Crippen molar-refractivity contribution in [2.24, 2.45) is 0 Å². The molecule has 8 nitrogen and oxygen atoms in total. The quantitative estimate of drug-likeness (QED) is 0.136. The van der Waals surface area contributed by atoms with Crippen LogP contribution >= 0.6 is 12.6 Å². The zero-order valence-electron chi connectivity index (χ0n) is 24.6. The van der Waals surface area contributed by atoms with E-state index in [0.717, 1.165) is 12.1 Å². The molecule has 12 heteroatoms. The van der Waals surface area contributed by atoms with Gasteiger partial charge in [0.05, 0.1) is 37.8 Å². The number of aromatic amines is 1. The van der Waals surface area contributed by atoms with Gasteiger partial charge in [-0.05, 0) is 65.7 Å². The first-order valence-electron chi connectivity index (χ1n) is 13.5. The zero-order valence-corrected chi connectivity index (χ0v) is 25.5. The number of nitrogens with one attached hydrogen (secondary N) is 1. The van der Waals surface area contributed by atoms with Gasteiger partial charge in [-0.2, -0.15) is 12.6 Å². The summed E-state index contributed by atoms with van der Waals surface area (Å²) < 4.78 is 61.4. The van der Waals surface area contributed by atoms with Crippen LogP contribution in [0.25, 0.3) is 22.4 Å². The van der Waals surface area contributed by atoms with E-state index in [1.54, 1.807) is 30.1 Å². The third-order valence-corrected chi connectivity index (χ3v) is 7.79. The lowest BCUT2D eigenvalue weighted by atomic mass is 10.00. The Bertz CT molecular complexity index is 1860. The van der Waals surface area contributed by atoms with Crippen LogP contribution in [0.15, 0.2) is 72.8 Å². The number of aromatic nitrogens is 2. The van der Waals surface area contributed by atoms with Crippen molar-refractivity contribution in [3.05, 3.63) is 107 Å². The van der Waals surface area contributed by atoms with Crippen molar-refractivity contribution < 1.29 is 37.3 Å². The van der Waals surface area contributed by atoms with Gasteiger partial charge in [-0.3, -0.25) is 0 Å². The minimum Gasteiger partial charge on any atom is -0.494 e. The maximum Gasteiger partial charge on any atom is 0.335 e. The van der Waals surface area contributed by atoms with Crippen molar-refractivity contribution in [3.8, 4) is 39.6 Å². The Kier molecular flexibility index (Phi) is 8.96. The van der Waals surface area contributed by atoms with Gasteiger partial charge in [-0.15, -0.1) is 0 Å². The van der Waals surface area contributed by atoms with E-state index in [9.17, 15) is 9.18 Å². The number of halogens is 3. The fourth-order valence-corrected chi connectivity index (χ4v) is 5.25. The van der Waals surface area contributed by atoms with Crippen LogP contribution in [0.1, 0.15) is 27.0 Å². The van der Waals surface area contributed by atoms with Gasteiger partial charge in [0.1, 0.15) is 17.5 Å². The molecule has 0 aliphatic heterocycles. The third kappa shape index (κ3) is 6.14. The van der Waals surface area contributed by atoms with Gasteiger partial charge in [0.25, 0.3) is 0 Å². The predicted molar refractivity (Wildman–Crippen MR) is 168 cm³/mol. The normalized spacial score (nSPS) is 11.6. The molecule has 4 aromatic carbocycles. The molecule has 0 radical (unpaired) electrons. The highest BCUT2D eigenvalue weighted by Crippen LogP contribution is 2.41. The summed E-state index contributed by atoms with van der Waals surface area (Å²) in [5.41, 5.74) is 1.91. The molecule has 0 spiro atoms. The maximum atomic E-state index is 15.6. The number of thiol groups is 1. The van der Waals surface area contributed by atoms with Gasteiger partial charge in [0, 0.05) is 29.9 Å². The van der Waals surface area contributed by atoms with Crippen molar-refractivity contribution in [1.29, 1.82) is 0 Å². The van der Waals surface area contributed by atoms with E-state index >= 15 is 8.78 Å². The van der Waals surface area contributed by atoms with Crippen molar-refractivity contribution >= 4 is 30.1 Å². The number of anilines is 2. The topological polar surface area (TPSA) is 96.9 Å². The van der Waals surface area contributed by atoms with Gasteiger partial charge in [-0.25, -0.2) is 22.9 Å². The van der Waals surface area contributed by atoms with E-state index in [4.69, 9.17) is 24.3 Å². The molecule has 0 bridgehead atoms. The Balaban J connectivity index is 1.59. The monoisotopic (exact) mass is 635 g/mol. The molecule has 5 rings (SSSR count). The fourth-order valence-electron chi connectivity index (χ4n) is 4.88. The molecular formula is C33H28F3N3O5S. The molecule has 0 amide bonds. The lowest BCUT2D eigenvalue weighted by Gasteiger charge is -2.20. The highest BCUT2D eigenvalue weighted by molar-refractivity contribution is 7.80. The largest absolute Gasteiger partial charge is 0.494 e. The standard InChI is InChI=1S/C33H28F3N3O5S/c1-39(21-10-12-25(42-2)27(16-21)44-4)32-29(19-9-11-22(34)26(15-19)43-3)37-31(38-32)30(45)28-23(35)13-20(14-24(28)36)17-5-7-18(8-6-17)33(40)41/h5-16,30,45H,1-4H3,(H,37,38)(H,40,41). The summed E-state index contributed by atoms with van der Waals surface area (Å²) in [7, 11) is 6.12. The number of carboxylic acids is 1. The highest BCUT2D eigenvalue weighted by atomic mass is 32.1. The van der Waals surface area contributed by atoms with E-state index in [0.29, 0.717) is 39.8 Å². The van der Waals surface area contributed by atoms with Crippen LogP contribution in [0.5, 0.6) is 17.2 Å². The van der Waals surface area contributed by atoms with Gasteiger partial charge < -0.3 is 29.2 Å². The van der Waals surface area contributed by atoms with Crippen LogP contribution < -0.4 is 19.1 Å². The smallest absolute Gasteiger partial charge is 0.335 e. The van der Waals surface area contributed by atoms with Crippen molar-refractivity contribution in [2.75, 3.05) is 33.3 Å². The minimum absolute atomic E-state index is 0.00476. The Hall–Kier alpha value is -5.10. The summed E-state index contributed by atoms with van der Waals surface area (Å²) in [5, 5.41) is 7.96. The van der Waals surface area contributed by atoms with Crippen LogP contribution in [-0.4, -0.2) is 49.4 Å². The van der Waals surface area contributed by atoms with Crippen molar-refractivity contribution in [1.82, 2.24) is 9.97 Å². The Morgan fingerprint density at radius 2 is 1.42 bits per heavy atom. The first kappa shape index (κ1) is 31.3. The number of hydrogen-bond acceptors (Lipinski definition) is 7. The number of hydrogen-bond donors (Lipinski definition) is 3. The number of methoxy groups -OCH3 is 3. The number of ether oxygens (including phenoxy) is 3. The van der Waals surface area contributed by atoms with Crippen molar-refractivity contribution in [2.45, 2.75) is 5.25 Å². The summed E-state index contributed by atoms with van der Waals surface area (Å²) in [5.74, 6) is -1.97. The van der Waals surface area contributed by atoms with E-state index in [1.165, 1.54) is 63.8 Å². The molecule has 1 unspecified atom stereocenters. The molecular weight excluding hydrogens is 607 g/mol. The van der Waals surface area contributed by atoms with Crippen LogP contribution in [0.3, 0.4) is 0 Å². The molecule has 1 aromatic heterocycles. The number of rotatable bonds is 10. The maximum absolute atomic E-state index is 15.6. The van der Waals surface area contributed by atoms with E-state index in [-0.39, 0.29) is 28.3 Å². The average molecular weight is 636 g/mol. The Morgan fingerprint density at radius 1 is 0.800 bits per heavy atom. The second-order valence-corrected chi connectivity index (χ2v) is 10.4. The molecule has 5 aromatic rings. The minimum atomic E-state index is -1.18. The molecule has 0 aliphatic carbocycles. The molecule has 232 valence electrons. The van der Waals surface area contributed by atoms with Crippen LogP contribution in [0.2, 0.25) is 0 Å². The fraction of sp³-hybridized carbons (Fsp3) is 0.152. The van der Waals surface area contributed by atoms with Crippen LogP contribution in [0.4, 0.5) is 24.7 Å². The summed E-state index contributed by atoms with van der Waals surface area (Å²) >= 11 is 4.57. The molecule has 0 aliphatic rings. The summed E-state index contributed by atoms with van der Waals surface area (Å²) in [4.78, 5) is 20.7. The predicted octanol–water partition coefficient (Wildman–Crippen LogP) is 7.67. The van der Waals surface area contributed by atoms with E-state index in [1.807, 2.05) is 0 Å². The molecule has 0 saturated carbocycles. The van der Waals surface area contributed by atoms with E-state index in [2.05, 4.69) is 17.6 Å². The first-order valence-corrected chi connectivity index (χ1v) is 14.0. The number of nitrogens with zero attached hydrogens (tertiary/aromatic N) is 2. The van der Waals surface area contributed by atoms with Crippen LogP contribution in [-0.2, 0) is 0 Å². The second-order valence-electron chi connectivity index (χ2n) is 9.91. The third-order valence-electron chi connectivity index (χ3n) is 7.29. The molecule has 0 fully saturated rings. The Morgan fingerprint density at radius 3 is 2.02 bits per heavy atom. The average Bonchev–Trinajstić information content (AvgIpc) is 3.49. The van der Waals surface area contributed by atoms with Crippen LogP contribution in [0, 0.1) is 17.5 Å². The molecule has 0 saturated heterocycles. The van der Waals surface area contributed by atoms with Gasteiger partial charge in [0.15, 0.2) is 28.9 Å². The number of aromatic carboxylic acids is 1. The highest BCUT2D eigenvalue weighted by Gasteiger charge is 2.27. The van der Waals surface area contributed by atoms with E-state index < -0.39 is 28.7 Å². The summed E-state index contributed by atoms with van der Waals surface area (Å²) in [6.07, 6.45) is 0. The van der Waals surface area contributed by atoms with Gasteiger partial charge in [0.2, 0.25) is 0 Å². The Labute approximate surface area is 262 Å².